The smallest absolute Gasteiger partial charge is 0.286 e. The predicted molar refractivity (Wildman–Crippen MR) is 130 cm³/mol. The first-order chi connectivity index (χ1) is 17.0. The average molecular weight is 495 g/mol. The first-order valence-electron chi connectivity index (χ1n) is 11.3. The number of hydrogen-bond donors (Lipinski definition) is 2. The van der Waals surface area contributed by atoms with Crippen molar-refractivity contribution in [3.05, 3.63) is 64.4 Å². The number of aromatic nitrogens is 3. The van der Waals surface area contributed by atoms with E-state index in [2.05, 4.69) is 25.8 Å². The molecule has 0 atom stereocenters. The Balaban J connectivity index is 1.23. The molecule has 0 radical (unpaired) electrons. The zero-order valence-electron chi connectivity index (χ0n) is 19.3. The fourth-order valence-corrected chi connectivity index (χ4v) is 4.48. The molecule has 1 saturated heterocycles. The van der Waals surface area contributed by atoms with Crippen molar-refractivity contribution in [3.8, 4) is 5.75 Å². The van der Waals surface area contributed by atoms with E-state index >= 15 is 0 Å². The van der Waals surface area contributed by atoms with E-state index in [9.17, 15) is 14.4 Å². The number of likely N-dealkylation sites (tertiary alicyclic amines) is 1. The Morgan fingerprint density at radius 3 is 2.40 bits per heavy atom. The van der Waals surface area contributed by atoms with Crippen LogP contribution in [-0.4, -0.2) is 58.0 Å². The maximum Gasteiger partial charge on any atom is 0.286 e. The van der Waals surface area contributed by atoms with Crippen LogP contribution in [-0.2, 0) is 11.3 Å². The Bertz CT molecular complexity index is 1160. The van der Waals surface area contributed by atoms with Crippen molar-refractivity contribution in [2.45, 2.75) is 25.8 Å². The van der Waals surface area contributed by atoms with Gasteiger partial charge in [0.15, 0.2) is 0 Å². The van der Waals surface area contributed by atoms with Gasteiger partial charge in [0.05, 0.1) is 7.11 Å². The number of piperidine rings is 1. The van der Waals surface area contributed by atoms with Gasteiger partial charge in [-0.3, -0.25) is 19.4 Å². The number of rotatable bonds is 8. The lowest BCUT2D eigenvalue weighted by Gasteiger charge is -2.31. The van der Waals surface area contributed by atoms with E-state index < -0.39 is 5.91 Å². The number of carbonyl (C=O) groups is 3. The highest BCUT2D eigenvalue weighted by Crippen LogP contribution is 2.23. The van der Waals surface area contributed by atoms with Crippen LogP contribution in [0.15, 0.2) is 48.8 Å². The Morgan fingerprint density at radius 2 is 1.71 bits per heavy atom. The predicted octanol–water partition coefficient (Wildman–Crippen LogP) is 2.75. The molecule has 1 aliphatic heterocycles. The molecule has 0 bridgehead atoms. The molecular formula is C24H26N6O4S. The normalized spacial score (nSPS) is 13.8. The van der Waals surface area contributed by atoms with Gasteiger partial charge in [0.2, 0.25) is 15.9 Å². The van der Waals surface area contributed by atoms with E-state index in [1.54, 1.807) is 48.7 Å². The second-order valence-corrected chi connectivity index (χ2v) is 9.14. The zero-order valence-corrected chi connectivity index (χ0v) is 20.1. The third-order valence-electron chi connectivity index (χ3n) is 5.76. The molecule has 1 aromatic carbocycles. The number of methoxy groups -OCH3 is 1. The molecule has 1 aliphatic rings. The number of benzene rings is 1. The molecule has 1 fully saturated rings. The molecule has 3 amide bonds. The van der Waals surface area contributed by atoms with Crippen LogP contribution in [0, 0.1) is 5.92 Å². The van der Waals surface area contributed by atoms with Crippen molar-refractivity contribution in [2.75, 3.05) is 25.5 Å². The molecule has 10 nitrogen and oxygen atoms in total. The highest BCUT2D eigenvalue weighted by Gasteiger charge is 2.28. The number of hydrogen-bond acceptors (Lipinski definition) is 8. The van der Waals surface area contributed by atoms with Crippen LogP contribution in [0.2, 0.25) is 0 Å². The Labute approximate surface area is 206 Å². The third-order valence-corrected chi connectivity index (χ3v) is 6.67. The molecule has 11 heteroatoms. The highest BCUT2D eigenvalue weighted by molar-refractivity contribution is 7.15. The molecule has 182 valence electrons. The summed E-state index contributed by atoms with van der Waals surface area (Å²) in [5.74, 6) is 0.232. The molecule has 3 heterocycles. The molecule has 2 aromatic heterocycles. The number of ether oxygens (including phenoxy) is 1. The van der Waals surface area contributed by atoms with E-state index in [0.717, 1.165) is 29.7 Å². The van der Waals surface area contributed by atoms with Gasteiger partial charge in [0.25, 0.3) is 11.8 Å². The van der Waals surface area contributed by atoms with Gasteiger partial charge in [-0.25, -0.2) is 0 Å². The van der Waals surface area contributed by atoms with Gasteiger partial charge in [0.1, 0.15) is 5.75 Å². The van der Waals surface area contributed by atoms with Crippen LogP contribution in [0.1, 0.15) is 44.4 Å². The minimum atomic E-state index is -0.428. The van der Waals surface area contributed by atoms with Crippen LogP contribution in [0.5, 0.6) is 5.75 Å². The summed E-state index contributed by atoms with van der Waals surface area (Å²) in [4.78, 5) is 43.3. The van der Waals surface area contributed by atoms with E-state index in [1.165, 1.54) is 0 Å². The van der Waals surface area contributed by atoms with Crippen LogP contribution in [0.3, 0.4) is 0 Å². The largest absolute Gasteiger partial charge is 0.497 e. The summed E-state index contributed by atoms with van der Waals surface area (Å²) < 4.78 is 5.10. The van der Waals surface area contributed by atoms with Gasteiger partial charge in [-0.1, -0.05) is 11.3 Å². The molecule has 3 aromatic rings. The monoisotopic (exact) mass is 494 g/mol. The van der Waals surface area contributed by atoms with Gasteiger partial charge >= 0.3 is 0 Å². The highest BCUT2D eigenvalue weighted by atomic mass is 32.1. The van der Waals surface area contributed by atoms with Gasteiger partial charge < -0.3 is 20.3 Å². The van der Waals surface area contributed by atoms with Crippen molar-refractivity contribution >= 4 is 34.7 Å². The topological polar surface area (TPSA) is 126 Å². The summed E-state index contributed by atoms with van der Waals surface area (Å²) in [5.41, 5.74) is 1.59. The second-order valence-electron chi connectivity index (χ2n) is 8.17. The SMILES string of the molecule is COc1ccc(NC(=O)c2nnc(C(=O)N3CCC(CC(=O)NCc4ccncc4)CC3)s2)cc1. The molecule has 0 saturated carbocycles. The molecular weight excluding hydrogens is 468 g/mol. The number of nitrogens with one attached hydrogen (secondary N) is 2. The number of pyridine rings is 1. The first kappa shape index (κ1) is 24.3. The van der Waals surface area contributed by atoms with Crippen molar-refractivity contribution in [1.82, 2.24) is 25.4 Å². The zero-order chi connectivity index (χ0) is 24.6. The number of nitrogens with zero attached hydrogens (tertiary/aromatic N) is 4. The fraction of sp³-hybridized carbons (Fsp3) is 0.333. The minimum absolute atomic E-state index is 0.00299. The number of anilines is 1. The van der Waals surface area contributed by atoms with Gasteiger partial charge in [0, 0.05) is 44.1 Å². The molecule has 4 rings (SSSR count). The van der Waals surface area contributed by atoms with Crippen LogP contribution in [0.4, 0.5) is 5.69 Å². The Morgan fingerprint density at radius 1 is 1.03 bits per heavy atom. The summed E-state index contributed by atoms with van der Waals surface area (Å²) in [6.07, 6.45) is 5.29. The summed E-state index contributed by atoms with van der Waals surface area (Å²) in [6.45, 7) is 1.55. The summed E-state index contributed by atoms with van der Waals surface area (Å²) in [6, 6.07) is 10.6. The Hall–Kier alpha value is -3.86. The molecule has 35 heavy (non-hydrogen) atoms. The Kier molecular flexibility index (Phi) is 7.99. The lowest BCUT2D eigenvalue weighted by Crippen LogP contribution is -2.39. The minimum Gasteiger partial charge on any atom is -0.497 e. The van der Waals surface area contributed by atoms with E-state index in [4.69, 9.17) is 4.74 Å². The van der Waals surface area contributed by atoms with Crippen LogP contribution >= 0.6 is 11.3 Å². The van der Waals surface area contributed by atoms with E-state index in [1.807, 2.05) is 12.1 Å². The standard InChI is InChI=1S/C24H26N6O4S/c1-34-19-4-2-18(3-5-19)27-21(32)22-28-29-23(35-22)24(33)30-12-8-16(9-13-30)14-20(31)26-15-17-6-10-25-11-7-17/h2-7,10-11,16H,8-9,12-15H2,1H3,(H,26,31)(H,27,32). The summed E-state index contributed by atoms with van der Waals surface area (Å²) in [7, 11) is 1.57. The maximum absolute atomic E-state index is 12.9. The maximum atomic E-state index is 12.9. The second kappa shape index (κ2) is 11.5. The summed E-state index contributed by atoms with van der Waals surface area (Å²) >= 11 is 0.967. The lowest BCUT2D eigenvalue weighted by atomic mass is 9.93. The van der Waals surface area contributed by atoms with Gasteiger partial charge in [-0.2, -0.15) is 0 Å². The lowest BCUT2D eigenvalue weighted by molar-refractivity contribution is -0.122. The molecule has 0 aliphatic carbocycles. The number of carbonyl (C=O) groups excluding carboxylic acids is 3. The first-order valence-corrected chi connectivity index (χ1v) is 12.1. The van der Waals surface area contributed by atoms with Gasteiger partial charge in [-0.15, -0.1) is 10.2 Å². The van der Waals surface area contributed by atoms with Gasteiger partial charge in [-0.05, 0) is 60.7 Å². The molecule has 2 N–H and O–H groups in total. The molecule has 0 spiro atoms. The van der Waals surface area contributed by atoms with Crippen molar-refractivity contribution in [3.63, 3.8) is 0 Å². The van der Waals surface area contributed by atoms with Crippen LogP contribution < -0.4 is 15.4 Å². The fourth-order valence-electron chi connectivity index (χ4n) is 3.77. The molecule has 0 unspecified atom stereocenters. The third kappa shape index (κ3) is 6.60. The quantitative estimate of drug-likeness (QED) is 0.493. The van der Waals surface area contributed by atoms with Crippen molar-refractivity contribution < 1.29 is 19.1 Å². The van der Waals surface area contributed by atoms with Crippen LogP contribution in [0.25, 0.3) is 0 Å². The van der Waals surface area contributed by atoms with E-state index in [0.29, 0.717) is 37.5 Å². The van der Waals surface area contributed by atoms with Crippen molar-refractivity contribution in [1.29, 1.82) is 0 Å². The van der Waals surface area contributed by atoms with E-state index in [-0.39, 0.29) is 27.7 Å². The van der Waals surface area contributed by atoms with Crippen molar-refractivity contribution in [2.24, 2.45) is 5.92 Å². The number of amides is 3. The average Bonchev–Trinajstić information content (AvgIpc) is 3.39. The summed E-state index contributed by atoms with van der Waals surface area (Å²) in [5, 5.41) is 13.8.